The van der Waals surface area contributed by atoms with Crippen molar-refractivity contribution in [1.29, 1.82) is 0 Å². The SMILES string of the molecule is Cc1ccc(C(=O)CCC(=O)NCc2ccccc2CS(=O)(=O)NC(C)C)s1. The van der Waals surface area contributed by atoms with E-state index in [2.05, 4.69) is 10.0 Å². The van der Waals surface area contributed by atoms with Crippen molar-refractivity contribution in [3.8, 4) is 0 Å². The van der Waals surface area contributed by atoms with E-state index in [0.29, 0.717) is 10.4 Å². The molecule has 0 spiro atoms. The first-order valence-corrected chi connectivity index (χ1v) is 11.6. The Bertz CT molecular complexity index is 933. The summed E-state index contributed by atoms with van der Waals surface area (Å²) in [5, 5.41) is 2.77. The molecule has 1 aromatic heterocycles. The van der Waals surface area contributed by atoms with Crippen molar-refractivity contribution in [3.05, 3.63) is 57.3 Å². The molecule has 0 saturated carbocycles. The van der Waals surface area contributed by atoms with E-state index in [1.54, 1.807) is 44.2 Å². The number of carbonyl (C=O) groups excluding carboxylic acids is 2. The minimum atomic E-state index is -3.45. The van der Waals surface area contributed by atoms with Gasteiger partial charge in [-0.2, -0.15) is 0 Å². The summed E-state index contributed by atoms with van der Waals surface area (Å²) < 4.78 is 26.9. The van der Waals surface area contributed by atoms with Crippen LogP contribution in [0, 0.1) is 6.92 Å². The normalized spacial score (nSPS) is 11.6. The average Bonchev–Trinajstić information content (AvgIpc) is 3.04. The predicted molar refractivity (Wildman–Crippen MR) is 112 cm³/mol. The predicted octanol–water partition coefficient (Wildman–Crippen LogP) is 3.16. The molecular formula is C20H26N2O4S2. The van der Waals surface area contributed by atoms with Gasteiger partial charge >= 0.3 is 0 Å². The number of rotatable bonds is 10. The van der Waals surface area contributed by atoms with Crippen LogP contribution in [0.1, 0.15) is 52.4 Å². The lowest BCUT2D eigenvalue weighted by Gasteiger charge is -2.13. The molecule has 28 heavy (non-hydrogen) atoms. The van der Waals surface area contributed by atoms with Gasteiger partial charge in [0.1, 0.15) is 0 Å². The van der Waals surface area contributed by atoms with Gasteiger partial charge in [-0.05, 0) is 44.0 Å². The van der Waals surface area contributed by atoms with E-state index < -0.39 is 10.0 Å². The molecule has 1 heterocycles. The molecule has 0 radical (unpaired) electrons. The standard InChI is InChI=1S/C20H26N2O4S2/c1-14(2)22-28(25,26)13-17-7-5-4-6-16(17)12-21-20(24)11-9-18(23)19-10-8-15(3)27-19/h4-8,10,14,22H,9,11-13H2,1-3H3,(H,21,24). The van der Waals surface area contributed by atoms with Gasteiger partial charge in [-0.3, -0.25) is 9.59 Å². The van der Waals surface area contributed by atoms with Crippen LogP contribution in [0.25, 0.3) is 0 Å². The number of thiophene rings is 1. The van der Waals surface area contributed by atoms with Gasteiger partial charge in [-0.1, -0.05) is 24.3 Å². The number of hydrogen-bond acceptors (Lipinski definition) is 5. The van der Waals surface area contributed by atoms with Crippen molar-refractivity contribution in [3.63, 3.8) is 0 Å². The lowest BCUT2D eigenvalue weighted by molar-refractivity contribution is -0.121. The molecule has 0 aliphatic rings. The Balaban J connectivity index is 1.90. The summed E-state index contributed by atoms with van der Waals surface area (Å²) in [6, 6.07) is 10.6. The van der Waals surface area contributed by atoms with E-state index in [1.165, 1.54) is 11.3 Å². The zero-order valence-electron chi connectivity index (χ0n) is 16.3. The quantitative estimate of drug-likeness (QED) is 0.575. The minimum Gasteiger partial charge on any atom is -0.352 e. The zero-order valence-corrected chi connectivity index (χ0v) is 18.0. The summed E-state index contributed by atoms with van der Waals surface area (Å²) in [7, 11) is -3.45. The van der Waals surface area contributed by atoms with Gasteiger partial charge in [0, 0.05) is 30.3 Å². The van der Waals surface area contributed by atoms with Crippen molar-refractivity contribution >= 4 is 33.1 Å². The monoisotopic (exact) mass is 422 g/mol. The molecule has 8 heteroatoms. The van der Waals surface area contributed by atoms with Gasteiger partial charge < -0.3 is 5.32 Å². The second-order valence-corrected chi connectivity index (χ2v) is 9.95. The fraction of sp³-hybridized carbons (Fsp3) is 0.400. The second-order valence-electron chi connectivity index (χ2n) is 6.91. The molecule has 0 atom stereocenters. The molecule has 6 nitrogen and oxygen atoms in total. The highest BCUT2D eigenvalue weighted by Gasteiger charge is 2.16. The molecule has 0 unspecified atom stereocenters. The topological polar surface area (TPSA) is 92.3 Å². The number of carbonyl (C=O) groups is 2. The lowest BCUT2D eigenvalue weighted by Crippen LogP contribution is -2.32. The lowest BCUT2D eigenvalue weighted by atomic mass is 10.1. The molecule has 0 fully saturated rings. The highest BCUT2D eigenvalue weighted by molar-refractivity contribution is 7.88. The number of aryl methyl sites for hydroxylation is 1. The maximum absolute atomic E-state index is 12.2. The summed E-state index contributed by atoms with van der Waals surface area (Å²) in [6.07, 6.45) is 0.255. The van der Waals surface area contributed by atoms with E-state index in [0.717, 1.165) is 10.4 Å². The number of amides is 1. The maximum atomic E-state index is 12.2. The van der Waals surface area contributed by atoms with Crippen LogP contribution in [0.15, 0.2) is 36.4 Å². The van der Waals surface area contributed by atoms with Crippen molar-refractivity contribution in [1.82, 2.24) is 10.0 Å². The fourth-order valence-electron chi connectivity index (χ4n) is 2.69. The summed E-state index contributed by atoms with van der Waals surface area (Å²) in [6.45, 7) is 5.69. The van der Waals surface area contributed by atoms with Crippen molar-refractivity contribution < 1.29 is 18.0 Å². The van der Waals surface area contributed by atoms with Crippen LogP contribution in [0.3, 0.4) is 0 Å². The van der Waals surface area contributed by atoms with Gasteiger partial charge in [0.2, 0.25) is 15.9 Å². The third kappa shape index (κ3) is 7.18. The average molecular weight is 423 g/mol. The summed E-state index contributed by atoms with van der Waals surface area (Å²) in [5.74, 6) is -0.424. The number of sulfonamides is 1. The van der Waals surface area contributed by atoms with E-state index in [-0.39, 0.29) is 42.9 Å². The smallest absolute Gasteiger partial charge is 0.220 e. The summed E-state index contributed by atoms with van der Waals surface area (Å²) in [5.41, 5.74) is 1.38. The molecule has 152 valence electrons. The molecule has 0 aliphatic carbocycles. The first-order chi connectivity index (χ1) is 13.2. The van der Waals surface area contributed by atoms with E-state index in [4.69, 9.17) is 0 Å². The largest absolute Gasteiger partial charge is 0.352 e. The Morgan fingerprint density at radius 3 is 2.32 bits per heavy atom. The number of benzene rings is 1. The molecule has 0 bridgehead atoms. The first-order valence-electron chi connectivity index (χ1n) is 9.09. The Morgan fingerprint density at radius 2 is 1.71 bits per heavy atom. The minimum absolute atomic E-state index is 0.0421. The Labute approximate surface area is 170 Å². The number of hydrogen-bond donors (Lipinski definition) is 2. The zero-order chi connectivity index (χ0) is 20.7. The molecule has 2 N–H and O–H groups in total. The van der Waals surface area contributed by atoms with Crippen molar-refractivity contribution in [2.75, 3.05) is 0 Å². The molecule has 2 rings (SSSR count). The molecular weight excluding hydrogens is 396 g/mol. The third-order valence-corrected chi connectivity index (χ3v) is 6.51. The Morgan fingerprint density at radius 1 is 1.04 bits per heavy atom. The number of nitrogens with one attached hydrogen (secondary N) is 2. The highest BCUT2D eigenvalue weighted by atomic mass is 32.2. The molecule has 2 aromatic rings. The van der Waals surface area contributed by atoms with Crippen LogP contribution in [0.2, 0.25) is 0 Å². The van der Waals surface area contributed by atoms with Crippen LogP contribution in [-0.2, 0) is 27.1 Å². The maximum Gasteiger partial charge on any atom is 0.220 e. The third-order valence-electron chi connectivity index (χ3n) is 3.95. The molecule has 0 aliphatic heterocycles. The van der Waals surface area contributed by atoms with Crippen molar-refractivity contribution in [2.45, 2.75) is 52.0 Å². The Kier molecular flexibility index (Phi) is 7.91. The van der Waals surface area contributed by atoms with E-state index >= 15 is 0 Å². The van der Waals surface area contributed by atoms with E-state index in [1.807, 2.05) is 13.0 Å². The van der Waals surface area contributed by atoms with E-state index in [9.17, 15) is 18.0 Å². The van der Waals surface area contributed by atoms with Gasteiger partial charge in [-0.15, -0.1) is 11.3 Å². The number of ketones is 1. The molecule has 1 amide bonds. The van der Waals surface area contributed by atoms with Crippen molar-refractivity contribution in [2.24, 2.45) is 0 Å². The highest BCUT2D eigenvalue weighted by Crippen LogP contribution is 2.17. The Hall–Kier alpha value is -2.03. The molecule has 1 aromatic carbocycles. The van der Waals surface area contributed by atoms with Gasteiger partial charge in [-0.25, -0.2) is 13.1 Å². The number of Topliss-reactive ketones (excluding diaryl/α,β-unsaturated/α-hetero) is 1. The van der Waals surface area contributed by atoms with Crippen LogP contribution in [-0.4, -0.2) is 26.2 Å². The summed E-state index contributed by atoms with van der Waals surface area (Å²) in [4.78, 5) is 25.9. The fourth-order valence-corrected chi connectivity index (χ4v) is 5.02. The van der Waals surface area contributed by atoms with Gasteiger partial charge in [0.15, 0.2) is 5.78 Å². The van der Waals surface area contributed by atoms with Crippen LogP contribution in [0.4, 0.5) is 0 Å². The summed E-state index contributed by atoms with van der Waals surface area (Å²) >= 11 is 1.42. The molecule has 0 saturated heterocycles. The van der Waals surface area contributed by atoms with Crippen LogP contribution in [0.5, 0.6) is 0 Å². The second kappa shape index (κ2) is 9.95. The first kappa shape index (κ1) is 22.3. The van der Waals surface area contributed by atoms with Gasteiger partial charge in [0.05, 0.1) is 10.6 Å². The van der Waals surface area contributed by atoms with Crippen LogP contribution < -0.4 is 10.0 Å². The van der Waals surface area contributed by atoms with Crippen LogP contribution >= 0.6 is 11.3 Å². The van der Waals surface area contributed by atoms with Gasteiger partial charge in [0.25, 0.3) is 0 Å².